The Kier molecular flexibility index (Phi) is 4.51. The van der Waals surface area contributed by atoms with E-state index in [1.54, 1.807) is 24.3 Å². The van der Waals surface area contributed by atoms with Crippen molar-refractivity contribution in [1.82, 2.24) is 4.90 Å². The fraction of sp³-hybridized carbons (Fsp3) is 0.423. The van der Waals surface area contributed by atoms with Gasteiger partial charge in [0.05, 0.1) is 5.41 Å². The molecule has 2 atom stereocenters. The van der Waals surface area contributed by atoms with Crippen LogP contribution in [0.1, 0.15) is 70.7 Å². The molecule has 1 saturated carbocycles. The van der Waals surface area contributed by atoms with Crippen molar-refractivity contribution in [3.8, 4) is 0 Å². The molecular weight excluding hydrogens is 374 g/mol. The maximum absolute atomic E-state index is 14.0. The largest absolute Gasteiger partial charge is 0.299 e. The van der Waals surface area contributed by atoms with E-state index < -0.39 is 11.0 Å². The lowest BCUT2D eigenvalue weighted by Crippen LogP contribution is -2.64. The van der Waals surface area contributed by atoms with Crippen molar-refractivity contribution < 1.29 is 14.4 Å². The van der Waals surface area contributed by atoms with Gasteiger partial charge in [0.25, 0.3) is 0 Å². The van der Waals surface area contributed by atoms with Crippen molar-refractivity contribution in [2.24, 2.45) is 5.41 Å². The molecule has 3 aliphatic rings. The van der Waals surface area contributed by atoms with Gasteiger partial charge in [-0.2, -0.15) is 0 Å². The van der Waals surface area contributed by atoms with E-state index in [-0.39, 0.29) is 23.3 Å². The first-order valence-corrected chi connectivity index (χ1v) is 11.0. The summed E-state index contributed by atoms with van der Waals surface area (Å²) in [7, 11) is 1.86. The molecule has 0 radical (unpaired) electrons. The van der Waals surface area contributed by atoms with Crippen LogP contribution in [0.4, 0.5) is 0 Å². The number of hydrogen-bond donors (Lipinski definition) is 0. The molecule has 0 unspecified atom stereocenters. The molecule has 0 aromatic heterocycles. The normalized spacial score (nSPS) is 28.7. The quantitative estimate of drug-likeness (QED) is 0.663. The number of ketones is 3. The number of likely N-dealkylation sites (N-methyl/N-ethyl adjacent to an activating group) is 1. The monoisotopic (exact) mass is 401 g/mol. The lowest BCUT2D eigenvalue weighted by atomic mass is 9.55. The van der Waals surface area contributed by atoms with Gasteiger partial charge in [-0.1, -0.05) is 73.9 Å². The van der Waals surface area contributed by atoms with Gasteiger partial charge in [-0.25, -0.2) is 0 Å². The van der Waals surface area contributed by atoms with Gasteiger partial charge in [0.2, 0.25) is 0 Å². The first-order valence-electron chi connectivity index (χ1n) is 11.0. The van der Waals surface area contributed by atoms with E-state index >= 15 is 0 Å². The second kappa shape index (κ2) is 6.98. The van der Waals surface area contributed by atoms with Gasteiger partial charge in [0, 0.05) is 30.0 Å². The van der Waals surface area contributed by atoms with Crippen molar-refractivity contribution >= 4 is 17.3 Å². The van der Waals surface area contributed by atoms with Crippen LogP contribution in [0.2, 0.25) is 0 Å². The number of rotatable bonds is 1. The van der Waals surface area contributed by atoms with E-state index in [0.29, 0.717) is 30.5 Å². The van der Waals surface area contributed by atoms with Gasteiger partial charge in [-0.05, 0) is 25.5 Å². The number of carbonyl (C=O) groups excluding carboxylic acids is 3. The number of carbonyl (C=O) groups is 3. The van der Waals surface area contributed by atoms with Gasteiger partial charge in [0.1, 0.15) is 5.78 Å². The highest BCUT2D eigenvalue weighted by Gasteiger charge is 2.75. The summed E-state index contributed by atoms with van der Waals surface area (Å²) in [5.74, 6) is -0.442. The number of nitrogens with zero attached hydrogens (tertiary/aromatic N) is 1. The Hall–Kier alpha value is -2.59. The van der Waals surface area contributed by atoms with Crippen molar-refractivity contribution in [3.63, 3.8) is 0 Å². The van der Waals surface area contributed by atoms with E-state index in [1.165, 1.54) is 0 Å². The predicted octanol–water partition coefficient (Wildman–Crippen LogP) is 4.44. The van der Waals surface area contributed by atoms with Crippen molar-refractivity contribution in [2.75, 3.05) is 13.6 Å². The van der Waals surface area contributed by atoms with Crippen LogP contribution in [-0.4, -0.2) is 41.4 Å². The van der Waals surface area contributed by atoms with Crippen molar-refractivity contribution in [3.05, 3.63) is 71.3 Å². The van der Waals surface area contributed by atoms with E-state index in [1.807, 2.05) is 42.3 Å². The molecule has 0 bridgehead atoms. The topological polar surface area (TPSA) is 54.5 Å². The van der Waals surface area contributed by atoms with Gasteiger partial charge in [0.15, 0.2) is 17.1 Å². The molecule has 4 heteroatoms. The molecule has 1 heterocycles. The molecule has 1 saturated heterocycles. The lowest BCUT2D eigenvalue weighted by molar-refractivity contribution is -0.133. The second-order valence-corrected chi connectivity index (χ2v) is 9.07. The first kappa shape index (κ1) is 19.4. The minimum absolute atomic E-state index is 0.0925. The lowest BCUT2D eigenvalue weighted by Gasteiger charge is -2.46. The molecule has 4 nitrogen and oxygen atoms in total. The fourth-order valence-electron chi connectivity index (χ4n) is 6.52. The Balaban J connectivity index is 1.79. The molecule has 1 aliphatic heterocycles. The number of hydrogen-bond acceptors (Lipinski definition) is 4. The molecule has 2 aromatic rings. The third kappa shape index (κ3) is 2.28. The summed E-state index contributed by atoms with van der Waals surface area (Å²) >= 11 is 0. The summed E-state index contributed by atoms with van der Waals surface area (Å²) in [4.78, 5) is 43.9. The summed E-state index contributed by atoms with van der Waals surface area (Å²) in [6.45, 7) is 0.529. The third-order valence-corrected chi connectivity index (χ3v) is 7.77. The van der Waals surface area contributed by atoms with Crippen LogP contribution in [0.5, 0.6) is 0 Å². The molecule has 30 heavy (non-hydrogen) atoms. The Morgan fingerprint density at radius 2 is 1.40 bits per heavy atom. The molecule has 2 spiro atoms. The summed E-state index contributed by atoms with van der Waals surface area (Å²) in [5, 5.41) is 0. The van der Waals surface area contributed by atoms with Crippen LogP contribution < -0.4 is 0 Å². The minimum Gasteiger partial charge on any atom is -0.299 e. The highest BCUT2D eigenvalue weighted by Crippen LogP contribution is 2.61. The average molecular weight is 402 g/mol. The summed E-state index contributed by atoms with van der Waals surface area (Å²) < 4.78 is 0. The van der Waals surface area contributed by atoms with Crippen LogP contribution in [0.25, 0.3) is 0 Å². The van der Waals surface area contributed by atoms with E-state index in [2.05, 4.69) is 0 Å². The Bertz CT molecular complexity index is 993. The van der Waals surface area contributed by atoms with Crippen molar-refractivity contribution in [1.29, 1.82) is 0 Å². The van der Waals surface area contributed by atoms with Gasteiger partial charge >= 0.3 is 0 Å². The first-order chi connectivity index (χ1) is 14.5. The van der Waals surface area contributed by atoms with Gasteiger partial charge in [-0.3, -0.25) is 19.3 Å². The van der Waals surface area contributed by atoms with E-state index in [9.17, 15) is 14.4 Å². The molecule has 2 aromatic carbocycles. The smallest absolute Gasteiger partial charge is 0.192 e. The van der Waals surface area contributed by atoms with Crippen molar-refractivity contribution in [2.45, 2.75) is 50.0 Å². The van der Waals surface area contributed by atoms with Crippen LogP contribution >= 0.6 is 0 Å². The Labute approximate surface area is 177 Å². The molecule has 0 amide bonds. The van der Waals surface area contributed by atoms with Gasteiger partial charge < -0.3 is 0 Å². The molecule has 0 N–H and O–H groups in total. The zero-order valence-corrected chi connectivity index (χ0v) is 17.4. The fourth-order valence-corrected chi connectivity index (χ4v) is 6.52. The van der Waals surface area contributed by atoms with Gasteiger partial charge in [-0.15, -0.1) is 0 Å². The van der Waals surface area contributed by atoms with E-state index in [0.717, 1.165) is 31.2 Å². The summed E-state index contributed by atoms with van der Waals surface area (Å²) in [6.07, 6.45) is 4.78. The maximum Gasteiger partial charge on any atom is 0.192 e. The summed E-state index contributed by atoms with van der Waals surface area (Å²) in [5.41, 5.74) is -0.455. The molecule has 154 valence electrons. The van der Waals surface area contributed by atoms with Crippen LogP contribution in [0.15, 0.2) is 54.6 Å². The molecule has 2 fully saturated rings. The second-order valence-electron chi connectivity index (χ2n) is 9.07. The molecule has 5 rings (SSSR count). The average Bonchev–Trinajstić information content (AvgIpc) is 3.16. The number of fused-ring (bicyclic) bond motifs is 2. The SMILES string of the molecule is CN1C[C@H](c2ccccc2)[C@]2(CCCCCCC2=O)C12C(=O)c1ccccc1C2=O. The highest BCUT2D eigenvalue weighted by atomic mass is 16.2. The predicted molar refractivity (Wildman–Crippen MR) is 115 cm³/mol. The Morgan fingerprint density at radius 3 is 2.07 bits per heavy atom. The zero-order chi connectivity index (χ0) is 20.9. The standard InChI is InChI=1S/C26H27NO3/c1-27-17-21(18-11-5-4-6-12-18)25(16-10-3-2-7-15-22(25)28)26(27)23(29)19-13-8-9-14-20(19)24(26)30/h4-6,8-9,11-14,21H,2-3,7,10,15-17H2,1H3/t21-,25+/m1/s1. The molecular formula is C26H27NO3. The van der Waals surface area contributed by atoms with Crippen LogP contribution in [-0.2, 0) is 4.79 Å². The number of Topliss-reactive ketones (excluding diaryl/α,β-unsaturated/α-hetero) is 3. The number of benzene rings is 2. The third-order valence-electron chi connectivity index (χ3n) is 7.77. The minimum atomic E-state index is -1.42. The number of likely N-dealkylation sites (tertiary alicyclic amines) is 1. The summed E-state index contributed by atoms with van der Waals surface area (Å²) in [6, 6.07) is 17.1. The van der Waals surface area contributed by atoms with Crippen LogP contribution in [0.3, 0.4) is 0 Å². The maximum atomic E-state index is 14.0. The van der Waals surface area contributed by atoms with E-state index in [4.69, 9.17) is 0 Å². The Morgan fingerprint density at radius 1 is 0.800 bits per heavy atom. The highest BCUT2D eigenvalue weighted by molar-refractivity contribution is 6.35. The van der Waals surface area contributed by atoms with Crippen LogP contribution in [0, 0.1) is 5.41 Å². The zero-order valence-electron chi connectivity index (χ0n) is 17.4. The molecule has 2 aliphatic carbocycles.